The molecule has 0 spiro atoms. The van der Waals surface area contributed by atoms with Crippen LogP contribution < -0.4 is 4.74 Å². The van der Waals surface area contributed by atoms with Gasteiger partial charge in [-0.05, 0) is 32.0 Å². The van der Waals surface area contributed by atoms with E-state index in [1.54, 1.807) is 6.92 Å². The fraction of sp³-hybridized carbons (Fsp3) is 0.364. The molecule has 0 aliphatic rings. The van der Waals surface area contributed by atoms with Crippen LogP contribution >= 0.6 is 0 Å². The molecule has 1 aromatic rings. The van der Waals surface area contributed by atoms with E-state index in [-0.39, 0.29) is 22.7 Å². The standard InChI is InChI=1S/C11H12F2O2/c1-3-15-10-5-4-8(7(2)14)6-9(10)11(12)13/h4-6,11H,3H2,1-2H3. The zero-order chi connectivity index (χ0) is 11.4. The number of hydrogen-bond acceptors (Lipinski definition) is 2. The van der Waals surface area contributed by atoms with E-state index in [1.165, 1.54) is 25.1 Å². The van der Waals surface area contributed by atoms with Crippen molar-refractivity contribution in [3.8, 4) is 5.75 Å². The molecule has 0 saturated carbocycles. The van der Waals surface area contributed by atoms with Gasteiger partial charge in [-0.1, -0.05) is 0 Å². The topological polar surface area (TPSA) is 26.3 Å². The maximum Gasteiger partial charge on any atom is 0.267 e. The molecule has 0 amide bonds. The van der Waals surface area contributed by atoms with E-state index in [0.717, 1.165) is 0 Å². The second kappa shape index (κ2) is 4.87. The first-order valence-corrected chi connectivity index (χ1v) is 4.62. The Hall–Kier alpha value is -1.45. The summed E-state index contributed by atoms with van der Waals surface area (Å²) in [5.74, 6) is -0.0996. The summed E-state index contributed by atoms with van der Waals surface area (Å²) in [5, 5.41) is 0. The van der Waals surface area contributed by atoms with Crippen molar-refractivity contribution in [3.05, 3.63) is 29.3 Å². The van der Waals surface area contributed by atoms with Crippen LogP contribution in [-0.2, 0) is 0 Å². The predicted molar refractivity (Wildman–Crippen MR) is 52.6 cm³/mol. The minimum Gasteiger partial charge on any atom is -0.493 e. The Morgan fingerprint density at radius 2 is 2.13 bits per heavy atom. The highest BCUT2D eigenvalue weighted by Gasteiger charge is 2.15. The van der Waals surface area contributed by atoms with Crippen LogP contribution in [0.2, 0.25) is 0 Å². The maximum absolute atomic E-state index is 12.6. The number of alkyl halides is 2. The molecule has 0 fully saturated rings. The fourth-order valence-electron chi connectivity index (χ4n) is 1.22. The molecular formula is C11H12F2O2. The molecule has 0 aliphatic heterocycles. The second-order valence-electron chi connectivity index (χ2n) is 3.04. The lowest BCUT2D eigenvalue weighted by atomic mass is 10.1. The number of Topliss-reactive ketones (excluding diaryl/α,β-unsaturated/α-hetero) is 1. The lowest BCUT2D eigenvalue weighted by molar-refractivity contribution is 0.101. The molecule has 0 saturated heterocycles. The minimum atomic E-state index is -2.63. The molecule has 0 aliphatic carbocycles. The molecule has 0 unspecified atom stereocenters. The monoisotopic (exact) mass is 214 g/mol. The SMILES string of the molecule is CCOc1ccc(C(C)=O)cc1C(F)F. The lowest BCUT2D eigenvalue weighted by Crippen LogP contribution is -2.00. The van der Waals surface area contributed by atoms with Crippen molar-refractivity contribution in [2.75, 3.05) is 6.61 Å². The Bertz CT molecular complexity index is 362. The summed E-state index contributed by atoms with van der Waals surface area (Å²) >= 11 is 0. The van der Waals surface area contributed by atoms with Gasteiger partial charge in [-0.15, -0.1) is 0 Å². The van der Waals surface area contributed by atoms with Gasteiger partial charge in [0.05, 0.1) is 12.2 Å². The van der Waals surface area contributed by atoms with Crippen LogP contribution in [-0.4, -0.2) is 12.4 Å². The van der Waals surface area contributed by atoms with Gasteiger partial charge in [0.1, 0.15) is 5.75 Å². The van der Waals surface area contributed by atoms with E-state index < -0.39 is 6.43 Å². The van der Waals surface area contributed by atoms with Crippen molar-refractivity contribution in [1.82, 2.24) is 0 Å². The molecule has 1 rings (SSSR count). The third-order valence-corrected chi connectivity index (χ3v) is 1.95. The van der Waals surface area contributed by atoms with E-state index in [2.05, 4.69) is 0 Å². The van der Waals surface area contributed by atoms with Crippen LogP contribution in [0.1, 0.15) is 36.2 Å². The quantitative estimate of drug-likeness (QED) is 0.719. The van der Waals surface area contributed by atoms with Gasteiger partial charge in [-0.25, -0.2) is 8.78 Å². The number of rotatable bonds is 4. The summed E-state index contributed by atoms with van der Waals surface area (Å²) in [7, 11) is 0. The number of benzene rings is 1. The molecule has 0 bridgehead atoms. The number of ether oxygens (including phenoxy) is 1. The van der Waals surface area contributed by atoms with E-state index >= 15 is 0 Å². The van der Waals surface area contributed by atoms with E-state index in [9.17, 15) is 13.6 Å². The molecule has 15 heavy (non-hydrogen) atoms. The van der Waals surface area contributed by atoms with Crippen molar-refractivity contribution in [1.29, 1.82) is 0 Å². The number of halogens is 2. The normalized spacial score (nSPS) is 10.5. The fourth-order valence-corrected chi connectivity index (χ4v) is 1.22. The second-order valence-corrected chi connectivity index (χ2v) is 3.04. The Labute approximate surface area is 86.9 Å². The zero-order valence-electron chi connectivity index (χ0n) is 8.59. The largest absolute Gasteiger partial charge is 0.493 e. The van der Waals surface area contributed by atoms with E-state index in [1.807, 2.05) is 0 Å². The van der Waals surface area contributed by atoms with Crippen LogP contribution in [0.4, 0.5) is 8.78 Å². The van der Waals surface area contributed by atoms with Gasteiger partial charge in [-0.2, -0.15) is 0 Å². The number of carbonyl (C=O) groups excluding carboxylic acids is 1. The summed E-state index contributed by atoms with van der Waals surface area (Å²) in [4.78, 5) is 11.0. The molecule has 0 atom stereocenters. The summed E-state index contributed by atoms with van der Waals surface area (Å²) in [6.45, 7) is 3.37. The molecule has 0 N–H and O–H groups in total. The Morgan fingerprint density at radius 3 is 2.60 bits per heavy atom. The predicted octanol–water partition coefficient (Wildman–Crippen LogP) is 3.23. The smallest absolute Gasteiger partial charge is 0.267 e. The van der Waals surface area contributed by atoms with Crippen molar-refractivity contribution in [3.63, 3.8) is 0 Å². The van der Waals surface area contributed by atoms with Crippen molar-refractivity contribution in [2.24, 2.45) is 0 Å². The van der Waals surface area contributed by atoms with Gasteiger partial charge in [0.2, 0.25) is 0 Å². The van der Waals surface area contributed by atoms with Gasteiger partial charge < -0.3 is 4.74 Å². The first kappa shape index (κ1) is 11.6. The maximum atomic E-state index is 12.6. The average Bonchev–Trinajstić information content (AvgIpc) is 2.18. The van der Waals surface area contributed by atoms with Gasteiger partial charge in [-0.3, -0.25) is 4.79 Å². The van der Waals surface area contributed by atoms with Crippen molar-refractivity contribution < 1.29 is 18.3 Å². The highest BCUT2D eigenvalue weighted by Crippen LogP contribution is 2.30. The van der Waals surface area contributed by atoms with Gasteiger partial charge in [0, 0.05) is 5.56 Å². The summed E-state index contributed by atoms with van der Waals surface area (Å²) in [5.41, 5.74) is 0.0401. The van der Waals surface area contributed by atoms with Crippen LogP contribution in [0.3, 0.4) is 0 Å². The first-order valence-electron chi connectivity index (χ1n) is 4.62. The Morgan fingerprint density at radius 1 is 1.47 bits per heavy atom. The first-order chi connectivity index (χ1) is 7.06. The molecule has 4 heteroatoms. The highest BCUT2D eigenvalue weighted by atomic mass is 19.3. The summed E-state index contributed by atoms with van der Waals surface area (Å²) in [6.07, 6.45) is -2.63. The van der Waals surface area contributed by atoms with Gasteiger partial charge in [0.15, 0.2) is 5.78 Å². The molecule has 0 heterocycles. The number of carbonyl (C=O) groups is 1. The Kier molecular flexibility index (Phi) is 3.77. The lowest BCUT2D eigenvalue weighted by Gasteiger charge is -2.10. The Balaban J connectivity index is 3.14. The number of hydrogen-bond donors (Lipinski definition) is 0. The number of ketones is 1. The van der Waals surface area contributed by atoms with Crippen LogP contribution in [0, 0.1) is 0 Å². The molecule has 0 radical (unpaired) electrons. The average molecular weight is 214 g/mol. The van der Waals surface area contributed by atoms with Crippen LogP contribution in [0.25, 0.3) is 0 Å². The van der Waals surface area contributed by atoms with Crippen LogP contribution in [0.15, 0.2) is 18.2 Å². The van der Waals surface area contributed by atoms with Crippen molar-refractivity contribution in [2.45, 2.75) is 20.3 Å². The minimum absolute atomic E-state index is 0.137. The molecular weight excluding hydrogens is 202 g/mol. The highest BCUT2D eigenvalue weighted by molar-refractivity contribution is 5.94. The molecule has 1 aromatic carbocycles. The molecule has 2 nitrogen and oxygen atoms in total. The van der Waals surface area contributed by atoms with E-state index in [0.29, 0.717) is 6.61 Å². The summed E-state index contributed by atoms with van der Waals surface area (Å²) in [6, 6.07) is 4.07. The van der Waals surface area contributed by atoms with Gasteiger partial charge >= 0.3 is 0 Å². The molecule has 0 aromatic heterocycles. The zero-order valence-corrected chi connectivity index (χ0v) is 8.59. The molecule has 82 valence electrons. The third kappa shape index (κ3) is 2.75. The van der Waals surface area contributed by atoms with Crippen LogP contribution in [0.5, 0.6) is 5.75 Å². The van der Waals surface area contributed by atoms with Crippen molar-refractivity contribution >= 4 is 5.78 Å². The third-order valence-electron chi connectivity index (χ3n) is 1.95. The van der Waals surface area contributed by atoms with E-state index in [4.69, 9.17) is 4.74 Å². The van der Waals surface area contributed by atoms with Gasteiger partial charge in [0.25, 0.3) is 6.43 Å². The summed E-state index contributed by atoms with van der Waals surface area (Å²) < 4.78 is 30.2.